The van der Waals surface area contributed by atoms with Gasteiger partial charge in [-0.25, -0.2) is 0 Å². The minimum atomic E-state index is -0.841. The topological polar surface area (TPSA) is 47.6 Å². The summed E-state index contributed by atoms with van der Waals surface area (Å²) in [4.78, 5) is 11.9. The molecule has 0 aliphatic heterocycles. The van der Waals surface area contributed by atoms with Crippen molar-refractivity contribution >= 4 is 11.6 Å². The highest BCUT2D eigenvalue weighted by molar-refractivity contribution is 5.96. The number of hydrogen-bond donors (Lipinski definition) is 1. The van der Waals surface area contributed by atoms with Crippen LogP contribution in [0.15, 0.2) is 24.3 Å². The van der Waals surface area contributed by atoms with Crippen molar-refractivity contribution in [1.82, 2.24) is 0 Å². The SMILES string of the molecule is CC[C@@H](C)Oc1ccc(NC(=O)C(C)(C)OC)cc1. The summed E-state index contributed by atoms with van der Waals surface area (Å²) >= 11 is 0. The summed E-state index contributed by atoms with van der Waals surface area (Å²) in [6.07, 6.45) is 1.15. The van der Waals surface area contributed by atoms with Gasteiger partial charge in [0.2, 0.25) is 0 Å². The normalized spacial score (nSPS) is 12.9. The average Bonchev–Trinajstić information content (AvgIpc) is 2.40. The molecule has 4 heteroatoms. The molecule has 0 unspecified atom stereocenters. The van der Waals surface area contributed by atoms with Crippen molar-refractivity contribution in [3.05, 3.63) is 24.3 Å². The first-order chi connectivity index (χ1) is 8.89. The molecule has 0 aliphatic rings. The largest absolute Gasteiger partial charge is 0.491 e. The van der Waals surface area contributed by atoms with Gasteiger partial charge in [0.05, 0.1) is 6.10 Å². The van der Waals surface area contributed by atoms with Gasteiger partial charge in [-0.1, -0.05) is 6.92 Å². The number of methoxy groups -OCH3 is 1. The van der Waals surface area contributed by atoms with Crippen LogP contribution < -0.4 is 10.1 Å². The number of hydrogen-bond acceptors (Lipinski definition) is 3. The van der Waals surface area contributed by atoms with Gasteiger partial charge in [-0.2, -0.15) is 0 Å². The summed E-state index contributed by atoms with van der Waals surface area (Å²) in [6.45, 7) is 7.55. The lowest BCUT2D eigenvalue weighted by Gasteiger charge is -2.21. The van der Waals surface area contributed by atoms with Gasteiger partial charge >= 0.3 is 0 Å². The molecule has 0 aromatic heterocycles. The maximum Gasteiger partial charge on any atom is 0.256 e. The van der Waals surface area contributed by atoms with Crippen LogP contribution in [-0.2, 0) is 9.53 Å². The van der Waals surface area contributed by atoms with Gasteiger partial charge in [0, 0.05) is 12.8 Å². The van der Waals surface area contributed by atoms with E-state index in [0.29, 0.717) is 0 Å². The number of nitrogens with one attached hydrogen (secondary N) is 1. The van der Waals surface area contributed by atoms with Crippen LogP contribution in [0.4, 0.5) is 5.69 Å². The minimum Gasteiger partial charge on any atom is -0.491 e. The predicted octanol–water partition coefficient (Wildman–Crippen LogP) is 3.23. The Labute approximate surface area is 115 Å². The Kier molecular flexibility index (Phi) is 5.36. The lowest BCUT2D eigenvalue weighted by molar-refractivity contribution is -0.133. The predicted molar refractivity (Wildman–Crippen MR) is 76.5 cm³/mol. The highest BCUT2D eigenvalue weighted by atomic mass is 16.5. The van der Waals surface area contributed by atoms with E-state index < -0.39 is 5.60 Å². The van der Waals surface area contributed by atoms with Crippen LogP contribution in [0.3, 0.4) is 0 Å². The number of carbonyl (C=O) groups is 1. The molecule has 1 atom stereocenters. The van der Waals surface area contributed by atoms with Crippen LogP contribution in [0, 0.1) is 0 Å². The summed E-state index contributed by atoms with van der Waals surface area (Å²) < 4.78 is 10.8. The molecule has 0 saturated heterocycles. The molecule has 1 N–H and O–H groups in total. The molecule has 0 heterocycles. The maximum atomic E-state index is 11.9. The minimum absolute atomic E-state index is 0.175. The smallest absolute Gasteiger partial charge is 0.256 e. The highest BCUT2D eigenvalue weighted by Gasteiger charge is 2.26. The van der Waals surface area contributed by atoms with Crippen LogP contribution in [0.5, 0.6) is 5.75 Å². The first-order valence-electron chi connectivity index (χ1n) is 6.52. The quantitative estimate of drug-likeness (QED) is 0.859. The van der Waals surface area contributed by atoms with E-state index in [2.05, 4.69) is 12.2 Å². The van der Waals surface area contributed by atoms with Gasteiger partial charge in [-0.15, -0.1) is 0 Å². The molecule has 0 spiro atoms. The van der Waals surface area contributed by atoms with E-state index in [-0.39, 0.29) is 12.0 Å². The molecule has 0 saturated carbocycles. The van der Waals surface area contributed by atoms with Crippen molar-refractivity contribution in [2.24, 2.45) is 0 Å². The molecule has 4 nitrogen and oxygen atoms in total. The molecule has 1 aromatic carbocycles. The van der Waals surface area contributed by atoms with Crippen LogP contribution in [0.2, 0.25) is 0 Å². The van der Waals surface area contributed by atoms with E-state index in [0.717, 1.165) is 17.9 Å². The first-order valence-corrected chi connectivity index (χ1v) is 6.52. The number of rotatable bonds is 6. The van der Waals surface area contributed by atoms with E-state index in [4.69, 9.17) is 9.47 Å². The number of amides is 1. The van der Waals surface area contributed by atoms with Gasteiger partial charge < -0.3 is 14.8 Å². The molecule has 106 valence electrons. The molecular formula is C15H23NO3. The molecule has 0 fully saturated rings. The van der Waals surface area contributed by atoms with E-state index in [1.807, 2.05) is 31.2 Å². The standard InChI is InChI=1S/C15H23NO3/c1-6-11(2)19-13-9-7-12(8-10-13)16-14(17)15(3,4)18-5/h7-11H,6H2,1-5H3,(H,16,17)/t11-/m1/s1. The Bertz CT molecular complexity index is 412. The zero-order valence-electron chi connectivity index (χ0n) is 12.3. The van der Waals surface area contributed by atoms with Crippen LogP contribution >= 0.6 is 0 Å². The molecule has 0 radical (unpaired) electrons. The summed E-state index contributed by atoms with van der Waals surface area (Å²) in [5.41, 5.74) is -0.113. The number of ether oxygens (including phenoxy) is 2. The summed E-state index contributed by atoms with van der Waals surface area (Å²) in [7, 11) is 1.52. The molecule has 1 amide bonds. The molecule has 0 aliphatic carbocycles. The van der Waals surface area contributed by atoms with Crippen molar-refractivity contribution in [3.63, 3.8) is 0 Å². The van der Waals surface area contributed by atoms with Crippen LogP contribution in [-0.4, -0.2) is 24.7 Å². The van der Waals surface area contributed by atoms with Crippen molar-refractivity contribution in [3.8, 4) is 5.75 Å². The fourth-order valence-corrected chi connectivity index (χ4v) is 1.31. The highest BCUT2D eigenvalue weighted by Crippen LogP contribution is 2.19. The second-order valence-corrected chi connectivity index (χ2v) is 5.03. The van der Waals surface area contributed by atoms with Crippen LogP contribution in [0.1, 0.15) is 34.1 Å². The third-order valence-corrected chi connectivity index (χ3v) is 3.08. The Morgan fingerprint density at radius 2 is 1.89 bits per heavy atom. The first kappa shape index (κ1) is 15.5. The van der Waals surface area contributed by atoms with E-state index in [1.165, 1.54) is 7.11 Å². The third kappa shape index (κ3) is 4.56. The molecular weight excluding hydrogens is 242 g/mol. The maximum absolute atomic E-state index is 11.9. The molecule has 1 rings (SSSR count). The summed E-state index contributed by atoms with van der Waals surface area (Å²) in [6, 6.07) is 7.34. The molecule has 19 heavy (non-hydrogen) atoms. The molecule has 0 bridgehead atoms. The summed E-state index contributed by atoms with van der Waals surface area (Å²) in [5.74, 6) is 0.629. The van der Waals surface area contributed by atoms with Gasteiger partial charge in [0.1, 0.15) is 11.4 Å². The lowest BCUT2D eigenvalue weighted by Crippen LogP contribution is -2.38. The van der Waals surface area contributed by atoms with E-state index in [1.54, 1.807) is 13.8 Å². The number of anilines is 1. The van der Waals surface area contributed by atoms with Gasteiger partial charge in [0.15, 0.2) is 0 Å². The zero-order valence-corrected chi connectivity index (χ0v) is 12.3. The van der Waals surface area contributed by atoms with Crippen molar-refractivity contribution < 1.29 is 14.3 Å². The van der Waals surface area contributed by atoms with Crippen molar-refractivity contribution in [2.75, 3.05) is 12.4 Å². The lowest BCUT2D eigenvalue weighted by atomic mass is 10.1. The van der Waals surface area contributed by atoms with Gasteiger partial charge in [-0.05, 0) is 51.5 Å². The van der Waals surface area contributed by atoms with Gasteiger partial charge in [0.25, 0.3) is 5.91 Å². The number of benzene rings is 1. The Morgan fingerprint density at radius 1 is 1.32 bits per heavy atom. The van der Waals surface area contributed by atoms with Crippen LogP contribution in [0.25, 0.3) is 0 Å². The Balaban J connectivity index is 2.65. The van der Waals surface area contributed by atoms with Gasteiger partial charge in [-0.3, -0.25) is 4.79 Å². The third-order valence-electron chi connectivity index (χ3n) is 3.08. The number of carbonyl (C=O) groups excluding carboxylic acids is 1. The van der Waals surface area contributed by atoms with Crippen molar-refractivity contribution in [1.29, 1.82) is 0 Å². The fourth-order valence-electron chi connectivity index (χ4n) is 1.31. The second-order valence-electron chi connectivity index (χ2n) is 5.03. The molecule has 1 aromatic rings. The second kappa shape index (κ2) is 6.57. The van der Waals surface area contributed by atoms with E-state index >= 15 is 0 Å². The van der Waals surface area contributed by atoms with Crippen molar-refractivity contribution in [2.45, 2.75) is 45.8 Å². The fraction of sp³-hybridized carbons (Fsp3) is 0.533. The monoisotopic (exact) mass is 265 g/mol. The zero-order chi connectivity index (χ0) is 14.5. The Hall–Kier alpha value is -1.55. The average molecular weight is 265 g/mol. The Morgan fingerprint density at radius 3 is 2.37 bits per heavy atom. The summed E-state index contributed by atoms with van der Waals surface area (Å²) in [5, 5.41) is 2.81. The van der Waals surface area contributed by atoms with E-state index in [9.17, 15) is 4.79 Å².